The predicted molar refractivity (Wildman–Crippen MR) is 463 cm³/mol. The van der Waals surface area contributed by atoms with Gasteiger partial charge in [-0.2, -0.15) is 0 Å². The molecule has 0 aromatic rings. The summed E-state index contributed by atoms with van der Waals surface area (Å²) in [5.41, 5.74) is -3.17. The molecule has 42 atom stereocenters. The third kappa shape index (κ3) is 12.9. The molecule has 0 amide bonds. The maximum Gasteiger partial charge on any atom is 0.186 e. The number of aliphatic hydroxyl groups is 16. The Kier molecular flexibility index (Phi) is 22.5. The van der Waals surface area contributed by atoms with E-state index in [9.17, 15) is 81.7 Å². The van der Waals surface area contributed by atoms with E-state index in [4.69, 9.17) is 33.2 Å². The first-order chi connectivity index (χ1) is 57.0. The topological polar surface area (TPSA) is 388 Å². The summed E-state index contributed by atoms with van der Waals surface area (Å²) in [6.07, 6.45) is 10.8. The zero-order chi connectivity index (χ0) is 90.8. The van der Waals surface area contributed by atoms with E-state index >= 15 is 0 Å². The van der Waals surface area contributed by atoms with Crippen LogP contribution in [-0.4, -0.2) is 251 Å². The first-order valence-corrected chi connectivity index (χ1v) is 49.0. The lowest BCUT2D eigenvalue weighted by molar-refractivity contribution is -0.331. The number of ether oxygens (including phenoxy) is 7. The third-order valence-electron chi connectivity index (χ3n) is 43.4. The van der Waals surface area contributed by atoms with Crippen LogP contribution in [0.1, 0.15) is 313 Å². The second-order valence-corrected chi connectivity index (χ2v) is 51.6. The van der Waals surface area contributed by atoms with Crippen molar-refractivity contribution in [3.05, 3.63) is 23.3 Å². The molecule has 19 aliphatic rings. The van der Waals surface area contributed by atoms with E-state index in [0.717, 1.165) is 128 Å². The van der Waals surface area contributed by atoms with Crippen LogP contribution >= 0.6 is 0 Å². The molecule has 23 nitrogen and oxygen atoms in total. The summed E-state index contributed by atoms with van der Waals surface area (Å²) < 4.78 is 44.7. The zero-order valence-corrected chi connectivity index (χ0v) is 79.4. The molecule has 5 saturated heterocycles. The minimum absolute atomic E-state index is 0.00753. The van der Waals surface area contributed by atoms with Gasteiger partial charge in [0.2, 0.25) is 0 Å². The van der Waals surface area contributed by atoms with E-state index in [2.05, 4.69) is 123 Å². The van der Waals surface area contributed by atoms with Crippen molar-refractivity contribution in [3.63, 3.8) is 0 Å². The Morgan fingerprint density at radius 2 is 0.815 bits per heavy atom. The predicted octanol–water partition coefficient (Wildman–Crippen LogP) is 10.7. The normalized spacial score (nSPS) is 57.6. The first kappa shape index (κ1) is 94.3. The van der Waals surface area contributed by atoms with Crippen molar-refractivity contribution in [1.29, 1.82) is 0 Å². The Labute approximate surface area is 739 Å². The summed E-state index contributed by atoms with van der Waals surface area (Å²) in [4.78, 5) is 0. The van der Waals surface area contributed by atoms with Gasteiger partial charge in [-0.1, -0.05) is 102 Å². The lowest BCUT2D eigenvalue weighted by Gasteiger charge is -2.65. The highest BCUT2D eigenvalue weighted by atomic mass is 16.7. The van der Waals surface area contributed by atoms with Gasteiger partial charge in [0.25, 0.3) is 0 Å². The summed E-state index contributed by atoms with van der Waals surface area (Å²) in [6.45, 7) is 46.7. The van der Waals surface area contributed by atoms with E-state index in [-0.39, 0.29) is 138 Å². The van der Waals surface area contributed by atoms with Crippen molar-refractivity contribution in [1.82, 2.24) is 0 Å². The molecule has 19 rings (SSSR count). The molecule has 12 saturated carbocycles. The minimum atomic E-state index is -1.53. The lowest BCUT2D eigenvalue weighted by Crippen LogP contribution is -2.64. The first-order valence-electron chi connectivity index (χ1n) is 49.0. The third-order valence-corrected chi connectivity index (χ3v) is 43.4. The van der Waals surface area contributed by atoms with Crippen LogP contribution in [0.25, 0.3) is 0 Å². The standard InChI is InChI=1S/C36H60O10.C35H58O9.C30H48O4/c1-30(2)22(39)8-11-36-17-35(36)13-12-32(5)27(34(7)10-9-23(46-34)31(3,4)43)18(38)15-33(32,6)21(35)14-19(28(30)36)44-29-26(42)25(41)24(40)20(16-37)45-29;1-29(2)22(43-28-25(40)24(39)20(38)16-42-28)9-11-35-17-34(35)13-12-31(5)27(33(7)10-8-23(44-33)30(3,4)41)19(37)15-32(31,6)21(34)14-18(36)26(29)35;1-25(2)18-9-11-21-27(5,19(18)10-12-22(25)32)15-16-28(6)24(20(31)17-29(21,28)7)30(8)14-13-23(34-30)26(3,4)33/h18-29,37-43H,8-17H2,1-7H3;18-28,36-41H,8-17H2,1-7H3;9-10,20-24,31-33H,11-17H2,1-8H3/t18-,19-,20+,21-,22-,23-,24+,25-,26+,27-,28-,29?,32+,33-,34+,35-,36+;18-,19-,20+,21-,22-,23-,24-,25+,26-,27-,28?,31+,32-,33+,34-,35+;20-,21+,22-,23-,24-,27-,28+,29-,30+/m000/s1. The second-order valence-electron chi connectivity index (χ2n) is 51.6. The fourth-order valence-electron chi connectivity index (χ4n) is 36.8. The molecule has 5 aliphatic heterocycles. The fourth-order valence-corrected chi connectivity index (χ4v) is 36.8. The van der Waals surface area contributed by atoms with Crippen LogP contribution in [0.15, 0.2) is 23.3 Å². The summed E-state index contributed by atoms with van der Waals surface area (Å²) in [5, 5.41) is 175. The van der Waals surface area contributed by atoms with Crippen LogP contribution in [0.2, 0.25) is 0 Å². The summed E-state index contributed by atoms with van der Waals surface area (Å²) in [7, 11) is 0. The van der Waals surface area contributed by atoms with Crippen LogP contribution < -0.4 is 0 Å². The summed E-state index contributed by atoms with van der Waals surface area (Å²) >= 11 is 0. The van der Waals surface area contributed by atoms with Gasteiger partial charge in [0.15, 0.2) is 12.6 Å². The number of fused-ring (bicyclic) bond motifs is 9. The van der Waals surface area contributed by atoms with Crippen LogP contribution in [0.4, 0.5) is 0 Å². The molecule has 17 fully saturated rings. The number of rotatable bonds is 11. The van der Waals surface area contributed by atoms with E-state index in [1.165, 1.54) is 11.1 Å². The number of allylic oxidation sites excluding steroid dienone is 2. The van der Waals surface area contributed by atoms with Gasteiger partial charge in [0.05, 0.1) is 114 Å². The molecule has 0 aromatic heterocycles. The fraction of sp³-hybridized carbons (Fsp3) is 0.960. The molecule has 5 heterocycles. The Hall–Kier alpha value is -1.44. The molecule has 0 radical (unpaired) electrons. The Bertz CT molecular complexity index is 4090. The maximum absolute atomic E-state index is 12.1. The number of aliphatic hydroxyl groups excluding tert-OH is 13. The van der Waals surface area contributed by atoms with Crippen molar-refractivity contribution in [2.45, 2.75) is 469 Å². The Morgan fingerprint density at radius 3 is 1.28 bits per heavy atom. The molecule has 4 spiro atoms. The molecular formula is C101H166O23. The van der Waals surface area contributed by atoms with Gasteiger partial charge in [-0.3, -0.25) is 0 Å². The molecule has 0 aromatic carbocycles. The highest BCUT2D eigenvalue weighted by Crippen LogP contribution is 2.92. The minimum Gasteiger partial charge on any atom is -0.394 e. The Morgan fingerprint density at radius 1 is 0.379 bits per heavy atom. The van der Waals surface area contributed by atoms with Gasteiger partial charge in [-0.25, -0.2) is 0 Å². The van der Waals surface area contributed by atoms with Gasteiger partial charge in [-0.05, 0) is 334 Å². The number of hydrogen-bond acceptors (Lipinski definition) is 23. The Balaban J connectivity index is 0.000000133. The van der Waals surface area contributed by atoms with Crippen molar-refractivity contribution in [2.75, 3.05) is 13.2 Å². The average molecular weight is 1750 g/mol. The van der Waals surface area contributed by atoms with E-state index in [1.807, 2.05) is 27.7 Å². The molecule has 23 heteroatoms. The largest absolute Gasteiger partial charge is 0.394 e. The smallest absolute Gasteiger partial charge is 0.186 e. The molecule has 2 unspecified atom stereocenters. The van der Waals surface area contributed by atoms with E-state index in [1.54, 1.807) is 13.8 Å². The molecule has 16 N–H and O–H groups in total. The van der Waals surface area contributed by atoms with Crippen molar-refractivity contribution >= 4 is 0 Å². The van der Waals surface area contributed by atoms with E-state index in [0.29, 0.717) is 43.9 Å². The van der Waals surface area contributed by atoms with Gasteiger partial charge >= 0.3 is 0 Å². The average Bonchev–Trinajstić information content (AvgIpc) is 1.46. The van der Waals surface area contributed by atoms with Gasteiger partial charge in [-0.15, -0.1) is 0 Å². The SMILES string of the molecule is CC(C)(O)[C@@H]1CC[C@](C)([C@H]2[C@@H](O)C[C@@]3(C)[C@@H]4CC=C5C(=CC[C@H](O)C5(C)C)[C@]4(C)CC[C@]23C)O1.CC(C)(O)[C@@H]1CC[C@](C)([C@H]2[C@@H](O)C[C@@]3(C)[C@@H]4C[C@H](O)[C@H]5C(C)(C)[C@@H](OC6OC[C@@H](O)[C@H](O)[C@H]6O)CC[C@@]56C[C@@]46CC[C@]23C)O1.CC(C)(O)[C@@H]1CC[C@](C)([C@H]2[C@@H](O)C[C@@]3(C)[C@@H]4C[C@H](OC5O[C@H](CO)[C@@H](O)[C@H](O)[C@H]5O)[C@H]5C(C)(C)[C@@H](O)CC[C@@]56C[C@@]46CC[C@]23C)O1. The van der Waals surface area contributed by atoms with Gasteiger partial charge < -0.3 is 115 Å². The second kappa shape index (κ2) is 29.5. The highest BCUT2D eigenvalue weighted by molar-refractivity contribution is 5.48. The van der Waals surface area contributed by atoms with Crippen LogP contribution in [0, 0.1) is 123 Å². The lowest BCUT2D eigenvalue weighted by atomic mass is 9.40. The summed E-state index contributed by atoms with van der Waals surface area (Å²) in [5.74, 6) is 0.876. The maximum atomic E-state index is 12.1. The highest BCUT2D eigenvalue weighted by Gasteiger charge is 2.88. The van der Waals surface area contributed by atoms with Crippen molar-refractivity contribution < 1.29 is 115 Å². The number of hydrogen-bond donors (Lipinski definition) is 16. The zero-order valence-electron chi connectivity index (χ0n) is 79.4. The quantitative estimate of drug-likeness (QED) is 0.0855. The van der Waals surface area contributed by atoms with E-state index < -0.39 is 143 Å². The van der Waals surface area contributed by atoms with Crippen molar-refractivity contribution in [3.8, 4) is 0 Å². The molecule has 0 bridgehead atoms. The molecular weight excluding hydrogens is 1580 g/mol. The molecule has 14 aliphatic carbocycles. The molecule has 708 valence electrons. The van der Waals surface area contributed by atoms with Gasteiger partial charge in [0.1, 0.15) is 42.7 Å². The molecule has 124 heavy (non-hydrogen) atoms. The van der Waals surface area contributed by atoms with Crippen LogP contribution in [0.5, 0.6) is 0 Å². The van der Waals surface area contributed by atoms with Crippen LogP contribution in [-0.2, 0) is 33.2 Å². The van der Waals surface area contributed by atoms with Gasteiger partial charge in [0, 0.05) is 23.2 Å². The van der Waals surface area contributed by atoms with Crippen molar-refractivity contribution in [2.24, 2.45) is 123 Å². The van der Waals surface area contributed by atoms with Crippen LogP contribution in [0.3, 0.4) is 0 Å². The monoisotopic (exact) mass is 1750 g/mol. The summed E-state index contributed by atoms with van der Waals surface area (Å²) in [6, 6.07) is 0.